The molecule has 0 fully saturated rings. The molecule has 0 amide bonds. The number of alkyl halides is 5. The minimum absolute atomic E-state index is 0.267. The number of ketones is 1. The van der Waals surface area contributed by atoms with Gasteiger partial charge in [0, 0.05) is 5.56 Å². The Kier molecular flexibility index (Phi) is 3.88. The van der Waals surface area contributed by atoms with Gasteiger partial charge in [0.1, 0.15) is 5.56 Å². The predicted octanol–water partition coefficient (Wildman–Crippen LogP) is 3.65. The summed E-state index contributed by atoms with van der Waals surface area (Å²) in [7, 11) is 0. The number of carbonyl (C=O) groups excluding carboxylic acids is 1. The summed E-state index contributed by atoms with van der Waals surface area (Å²) < 4.78 is 78.1. The molecule has 1 aromatic carbocycles. The molecule has 0 N–H and O–H groups in total. The van der Waals surface area contributed by atoms with E-state index in [0.29, 0.717) is 6.07 Å². The Bertz CT molecular complexity index is 466. The molecule has 100 valence electrons. The Hall–Kier alpha value is -1.73. The molecular weight excluding hydrogens is 266 g/mol. The van der Waals surface area contributed by atoms with Gasteiger partial charge in [0.05, 0.1) is 0 Å². The minimum Gasteiger partial charge on any atom is -0.431 e. The summed E-state index contributed by atoms with van der Waals surface area (Å²) in [5.41, 5.74) is -2.34. The van der Waals surface area contributed by atoms with E-state index < -0.39 is 41.3 Å². The summed E-state index contributed by atoms with van der Waals surface area (Å²) in [5.74, 6) is -4.12. The van der Waals surface area contributed by atoms with Crippen molar-refractivity contribution in [3.8, 4) is 5.75 Å². The topological polar surface area (TPSA) is 26.3 Å². The fourth-order valence-corrected chi connectivity index (χ4v) is 1.22. The Balaban J connectivity index is 3.45. The molecule has 0 atom stereocenters. The van der Waals surface area contributed by atoms with Gasteiger partial charge >= 0.3 is 12.8 Å². The van der Waals surface area contributed by atoms with Crippen LogP contribution in [0.25, 0.3) is 0 Å². The van der Waals surface area contributed by atoms with Crippen molar-refractivity contribution in [3.05, 3.63) is 29.1 Å². The van der Waals surface area contributed by atoms with E-state index in [1.807, 2.05) is 0 Å². The Morgan fingerprint density at radius 3 is 2.22 bits per heavy atom. The van der Waals surface area contributed by atoms with Gasteiger partial charge in [-0.05, 0) is 19.1 Å². The van der Waals surface area contributed by atoms with Crippen LogP contribution in [0, 0.1) is 5.82 Å². The molecule has 0 aliphatic carbocycles. The number of hydrogen-bond donors (Lipinski definition) is 0. The maximum atomic E-state index is 13.3. The fourth-order valence-electron chi connectivity index (χ4n) is 1.22. The number of carbonyl (C=O) groups is 1. The zero-order valence-electron chi connectivity index (χ0n) is 8.82. The zero-order chi connectivity index (χ0) is 14.1. The average Bonchev–Trinajstić information content (AvgIpc) is 2.17. The van der Waals surface area contributed by atoms with E-state index >= 15 is 0 Å². The monoisotopic (exact) mass is 272 g/mol. The van der Waals surface area contributed by atoms with Gasteiger partial charge in [-0.25, -0.2) is 4.39 Å². The van der Waals surface area contributed by atoms with E-state index in [1.54, 1.807) is 0 Å². The summed E-state index contributed by atoms with van der Waals surface area (Å²) in [6, 6.07) is 0.679. The largest absolute Gasteiger partial charge is 0.431 e. The van der Waals surface area contributed by atoms with Crippen LogP contribution in [0.5, 0.6) is 5.75 Å². The van der Waals surface area contributed by atoms with Crippen molar-refractivity contribution >= 4 is 5.78 Å². The second-order valence-electron chi connectivity index (χ2n) is 3.27. The highest BCUT2D eigenvalue weighted by molar-refractivity contribution is 5.94. The highest BCUT2D eigenvalue weighted by Gasteiger charge is 2.37. The van der Waals surface area contributed by atoms with Gasteiger partial charge in [-0.1, -0.05) is 0 Å². The van der Waals surface area contributed by atoms with Crippen LogP contribution in [-0.2, 0) is 6.18 Å². The van der Waals surface area contributed by atoms with Crippen LogP contribution in [0.4, 0.5) is 26.3 Å². The SMILES string of the molecule is CC(=O)c1cc(F)c(OC(F)F)c(C(F)(F)F)c1. The smallest absolute Gasteiger partial charge is 0.420 e. The first-order valence-electron chi connectivity index (χ1n) is 4.49. The van der Waals surface area contributed by atoms with E-state index in [2.05, 4.69) is 4.74 Å². The van der Waals surface area contributed by atoms with Crippen molar-refractivity contribution in [2.45, 2.75) is 19.7 Å². The highest BCUT2D eigenvalue weighted by atomic mass is 19.4. The summed E-state index contributed by atoms with van der Waals surface area (Å²) >= 11 is 0. The third kappa shape index (κ3) is 3.14. The molecule has 8 heteroatoms. The summed E-state index contributed by atoms with van der Waals surface area (Å²) in [6.07, 6.45) is -5.11. The van der Waals surface area contributed by atoms with Gasteiger partial charge in [-0.3, -0.25) is 4.79 Å². The van der Waals surface area contributed by atoms with E-state index in [4.69, 9.17) is 0 Å². The van der Waals surface area contributed by atoms with Crippen LogP contribution < -0.4 is 4.74 Å². The molecule has 0 radical (unpaired) electrons. The van der Waals surface area contributed by atoms with Crippen molar-refractivity contribution in [2.75, 3.05) is 0 Å². The van der Waals surface area contributed by atoms with Crippen LogP contribution in [0.1, 0.15) is 22.8 Å². The molecule has 0 bridgehead atoms. The molecule has 0 aliphatic heterocycles. The van der Waals surface area contributed by atoms with Gasteiger partial charge in [-0.2, -0.15) is 22.0 Å². The lowest BCUT2D eigenvalue weighted by molar-refractivity contribution is -0.142. The van der Waals surface area contributed by atoms with Crippen LogP contribution in [0.15, 0.2) is 12.1 Å². The molecule has 0 heterocycles. The first-order valence-corrected chi connectivity index (χ1v) is 4.49. The number of rotatable bonds is 3. The van der Waals surface area contributed by atoms with Gasteiger partial charge < -0.3 is 4.74 Å². The normalized spacial score (nSPS) is 11.8. The van der Waals surface area contributed by atoms with Crippen molar-refractivity contribution in [1.82, 2.24) is 0 Å². The van der Waals surface area contributed by atoms with E-state index in [-0.39, 0.29) is 6.07 Å². The molecule has 1 aromatic rings. The Morgan fingerprint density at radius 1 is 1.28 bits per heavy atom. The lowest BCUT2D eigenvalue weighted by Gasteiger charge is -2.15. The molecule has 0 aliphatic rings. The maximum Gasteiger partial charge on any atom is 0.420 e. The Labute approximate surface area is 97.2 Å². The number of benzene rings is 1. The third-order valence-electron chi connectivity index (χ3n) is 1.96. The quantitative estimate of drug-likeness (QED) is 0.620. The second kappa shape index (κ2) is 4.87. The van der Waals surface area contributed by atoms with Gasteiger partial charge in [0.2, 0.25) is 0 Å². The van der Waals surface area contributed by atoms with Crippen molar-refractivity contribution in [3.63, 3.8) is 0 Å². The molecule has 0 saturated carbocycles. The second-order valence-corrected chi connectivity index (χ2v) is 3.27. The maximum absolute atomic E-state index is 13.3. The molecule has 0 unspecified atom stereocenters. The van der Waals surface area contributed by atoms with Crippen molar-refractivity contribution in [2.24, 2.45) is 0 Å². The van der Waals surface area contributed by atoms with Crippen LogP contribution in [0.2, 0.25) is 0 Å². The molecule has 2 nitrogen and oxygen atoms in total. The fraction of sp³-hybridized carbons (Fsp3) is 0.300. The standard InChI is InChI=1S/C10H6F6O2/c1-4(17)5-2-6(10(14,15)16)8(7(11)3-5)18-9(12)13/h2-3,9H,1H3. The van der Waals surface area contributed by atoms with Gasteiger partial charge in [0.25, 0.3) is 0 Å². The summed E-state index contributed by atoms with van der Waals surface area (Å²) in [5, 5.41) is 0. The lowest BCUT2D eigenvalue weighted by Crippen LogP contribution is -2.14. The number of ether oxygens (including phenoxy) is 1. The molecule has 18 heavy (non-hydrogen) atoms. The summed E-state index contributed by atoms with van der Waals surface area (Å²) in [6.45, 7) is -2.69. The summed E-state index contributed by atoms with van der Waals surface area (Å²) in [4.78, 5) is 10.9. The Morgan fingerprint density at radius 2 is 1.83 bits per heavy atom. The first kappa shape index (κ1) is 14.3. The van der Waals surface area contributed by atoms with Gasteiger partial charge in [0.15, 0.2) is 17.3 Å². The van der Waals surface area contributed by atoms with Crippen molar-refractivity contribution < 1.29 is 35.9 Å². The van der Waals surface area contributed by atoms with E-state index in [9.17, 15) is 31.1 Å². The molecule has 0 saturated heterocycles. The molecule has 0 spiro atoms. The molecule has 1 rings (SSSR count). The predicted molar refractivity (Wildman–Crippen MR) is 48.0 cm³/mol. The van der Waals surface area contributed by atoms with Crippen LogP contribution in [0.3, 0.4) is 0 Å². The molecule has 0 aromatic heterocycles. The lowest BCUT2D eigenvalue weighted by atomic mass is 10.1. The minimum atomic E-state index is -5.11. The van der Waals surface area contributed by atoms with Crippen LogP contribution >= 0.6 is 0 Å². The number of halogens is 6. The first-order chi connectivity index (χ1) is 8.12. The number of Topliss-reactive ketones (excluding diaryl/α,β-unsaturated/α-hetero) is 1. The average molecular weight is 272 g/mol. The van der Waals surface area contributed by atoms with E-state index in [0.717, 1.165) is 6.92 Å². The van der Waals surface area contributed by atoms with Gasteiger partial charge in [-0.15, -0.1) is 0 Å². The zero-order valence-corrected chi connectivity index (χ0v) is 8.82. The number of hydrogen-bond acceptors (Lipinski definition) is 2. The third-order valence-corrected chi connectivity index (χ3v) is 1.96. The molecular formula is C10H6F6O2. The van der Waals surface area contributed by atoms with E-state index in [1.165, 1.54) is 0 Å². The van der Waals surface area contributed by atoms with Crippen LogP contribution in [-0.4, -0.2) is 12.4 Å². The highest BCUT2D eigenvalue weighted by Crippen LogP contribution is 2.39. The van der Waals surface area contributed by atoms with Crippen molar-refractivity contribution in [1.29, 1.82) is 0 Å².